The van der Waals surface area contributed by atoms with Crippen LogP contribution in [0, 0.1) is 5.92 Å². The van der Waals surface area contributed by atoms with E-state index in [0.29, 0.717) is 12.3 Å². The number of hydrogen-bond donors (Lipinski definition) is 1. The molecule has 0 aromatic rings. The van der Waals surface area contributed by atoms with Gasteiger partial charge in [0.2, 0.25) is 5.91 Å². The molecule has 70 valence electrons. The molecule has 2 fully saturated rings. The average molecular weight is 179 g/mol. The number of hydrogen-bond acceptors (Lipinski definition) is 2. The number of rotatable bonds is 0. The maximum atomic E-state index is 11.3. The molecular weight excluding hydrogens is 166 g/mol. The van der Waals surface area contributed by atoms with Crippen molar-refractivity contribution in [1.82, 2.24) is 5.32 Å². The van der Waals surface area contributed by atoms with Gasteiger partial charge in [0.1, 0.15) is 0 Å². The van der Waals surface area contributed by atoms with Gasteiger partial charge in [-0.2, -0.15) is 0 Å². The minimum Gasteiger partial charge on any atom is -0.292 e. The van der Waals surface area contributed by atoms with Crippen molar-refractivity contribution in [2.45, 2.75) is 32.6 Å². The summed E-state index contributed by atoms with van der Waals surface area (Å²) in [5.74, 6) is 0.368. The molecular formula is C10H13NO2. The topological polar surface area (TPSA) is 46.2 Å². The molecule has 1 saturated carbocycles. The molecule has 1 heterocycles. The fourth-order valence-corrected chi connectivity index (χ4v) is 2.09. The van der Waals surface area contributed by atoms with Gasteiger partial charge in [0.05, 0.1) is 6.42 Å². The van der Waals surface area contributed by atoms with Crippen LogP contribution in [0.2, 0.25) is 0 Å². The highest BCUT2D eigenvalue weighted by Gasteiger charge is 2.29. The number of carbonyl (C=O) groups is 2. The lowest BCUT2D eigenvalue weighted by atomic mass is 10.0. The van der Waals surface area contributed by atoms with Crippen LogP contribution in [0.1, 0.15) is 32.6 Å². The van der Waals surface area contributed by atoms with Crippen LogP contribution < -0.4 is 5.32 Å². The summed E-state index contributed by atoms with van der Waals surface area (Å²) in [7, 11) is 0. The van der Waals surface area contributed by atoms with Crippen molar-refractivity contribution >= 4 is 11.8 Å². The predicted molar refractivity (Wildman–Crippen MR) is 47.8 cm³/mol. The van der Waals surface area contributed by atoms with E-state index in [2.05, 4.69) is 12.2 Å². The molecule has 0 radical (unpaired) electrons. The summed E-state index contributed by atoms with van der Waals surface area (Å²) in [6.45, 7) is 2.18. The molecule has 2 amide bonds. The van der Waals surface area contributed by atoms with Crippen LogP contribution in [0.3, 0.4) is 0 Å². The second kappa shape index (κ2) is 2.98. The number of allylic oxidation sites excluding steroid dienone is 1. The van der Waals surface area contributed by atoms with E-state index in [9.17, 15) is 9.59 Å². The van der Waals surface area contributed by atoms with Gasteiger partial charge in [-0.25, -0.2) is 0 Å². The maximum Gasteiger partial charge on any atom is 0.254 e. The SMILES string of the molecule is CC1CCC(=C2CC(=O)NC2=O)C1. The summed E-state index contributed by atoms with van der Waals surface area (Å²) in [6.07, 6.45) is 3.45. The number of amides is 2. The molecule has 0 aromatic carbocycles. The largest absolute Gasteiger partial charge is 0.292 e. The zero-order valence-electron chi connectivity index (χ0n) is 7.72. The predicted octanol–water partition coefficient (Wildman–Crippen LogP) is 1.15. The van der Waals surface area contributed by atoms with Crippen LogP contribution in [0.4, 0.5) is 0 Å². The Labute approximate surface area is 77.2 Å². The standard InChI is InChI=1S/C10H13NO2/c1-6-2-3-7(4-6)8-5-9(12)11-10(8)13/h6H,2-5H2,1H3,(H,11,12,13). The van der Waals surface area contributed by atoms with Crippen molar-refractivity contribution in [1.29, 1.82) is 0 Å². The minimum atomic E-state index is -0.158. The summed E-state index contributed by atoms with van der Waals surface area (Å²) in [5.41, 5.74) is 1.95. The van der Waals surface area contributed by atoms with Crippen molar-refractivity contribution in [3.63, 3.8) is 0 Å². The molecule has 0 aromatic heterocycles. The van der Waals surface area contributed by atoms with E-state index < -0.39 is 0 Å². The summed E-state index contributed by atoms with van der Waals surface area (Å²) in [5, 5.41) is 2.32. The molecule has 3 nitrogen and oxygen atoms in total. The van der Waals surface area contributed by atoms with Crippen molar-refractivity contribution in [3.05, 3.63) is 11.1 Å². The Hall–Kier alpha value is -1.12. The minimum absolute atomic E-state index is 0.146. The van der Waals surface area contributed by atoms with Gasteiger partial charge in [-0.15, -0.1) is 0 Å². The molecule has 1 N–H and O–H groups in total. The van der Waals surface area contributed by atoms with Crippen molar-refractivity contribution in [2.24, 2.45) is 5.92 Å². The van der Waals surface area contributed by atoms with Gasteiger partial charge in [0.15, 0.2) is 0 Å². The molecule has 2 aliphatic rings. The Bertz CT molecular complexity index is 304. The van der Waals surface area contributed by atoms with E-state index in [1.54, 1.807) is 0 Å². The van der Waals surface area contributed by atoms with Gasteiger partial charge >= 0.3 is 0 Å². The molecule has 1 atom stereocenters. The van der Waals surface area contributed by atoms with E-state index in [1.807, 2.05) is 0 Å². The summed E-state index contributed by atoms with van der Waals surface area (Å²) in [4.78, 5) is 22.2. The first-order valence-corrected chi connectivity index (χ1v) is 4.72. The van der Waals surface area contributed by atoms with Gasteiger partial charge in [0.25, 0.3) is 5.91 Å². The van der Waals surface area contributed by atoms with Crippen molar-refractivity contribution in [2.75, 3.05) is 0 Å². The number of nitrogens with one attached hydrogen (secondary N) is 1. The van der Waals surface area contributed by atoms with Crippen LogP contribution in [0.5, 0.6) is 0 Å². The van der Waals surface area contributed by atoms with Gasteiger partial charge < -0.3 is 0 Å². The Morgan fingerprint density at radius 2 is 2.15 bits per heavy atom. The van der Waals surface area contributed by atoms with Gasteiger partial charge in [-0.05, 0) is 25.2 Å². The molecule has 1 unspecified atom stereocenters. The Balaban J connectivity index is 2.24. The van der Waals surface area contributed by atoms with E-state index >= 15 is 0 Å². The van der Waals surface area contributed by atoms with Crippen LogP contribution >= 0.6 is 0 Å². The molecule has 13 heavy (non-hydrogen) atoms. The van der Waals surface area contributed by atoms with Gasteiger partial charge in [-0.1, -0.05) is 12.5 Å². The first kappa shape index (κ1) is 8.48. The van der Waals surface area contributed by atoms with Crippen LogP contribution in [-0.4, -0.2) is 11.8 Å². The van der Waals surface area contributed by atoms with Crippen molar-refractivity contribution < 1.29 is 9.59 Å². The lowest BCUT2D eigenvalue weighted by Gasteiger charge is -1.99. The Morgan fingerprint density at radius 3 is 2.62 bits per heavy atom. The lowest BCUT2D eigenvalue weighted by Crippen LogP contribution is -2.19. The smallest absolute Gasteiger partial charge is 0.254 e. The number of carbonyl (C=O) groups excluding carboxylic acids is 2. The quantitative estimate of drug-likeness (QED) is 0.448. The highest BCUT2D eigenvalue weighted by Crippen LogP contribution is 2.33. The van der Waals surface area contributed by atoms with E-state index in [1.165, 1.54) is 5.57 Å². The Morgan fingerprint density at radius 1 is 1.38 bits per heavy atom. The molecule has 1 aliphatic heterocycles. The third kappa shape index (κ3) is 1.50. The molecule has 3 heteroatoms. The highest BCUT2D eigenvalue weighted by atomic mass is 16.2. The summed E-state index contributed by atoms with van der Waals surface area (Å²) in [6, 6.07) is 0. The molecule has 2 rings (SSSR count). The zero-order chi connectivity index (χ0) is 9.42. The molecule has 1 aliphatic carbocycles. The highest BCUT2D eigenvalue weighted by molar-refractivity contribution is 6.13. The second-order valence-corrected chi connectivity index (χ2v) is 3.98. The van der Waals surface area contributed by atoms with E-state index in [-0.39, 0.29) is 11.8 Å². The molecule has 0 spiro atoms. The summed E-state index contributed by atoms with van der Waals surface area (Å²) < 4.78 is 0. The Kier molecular flexibility index (Phi) is 1.94. The first-order valence-electron chi connectivity index (χ1n) is 4.72. The average Bonchev–Trinajstić information content (AvgIpc) is 2.58. The normalized spacial score (nSPS) is 34.1. The third-order valence-electron chi connectivity index (χ3n) is 2.82. The van der Waals surface area contributed by atoms with Gasteiger partial charge in [0, 0.05) is 5.57 Å². The molecule has 0 bridgehead atoms. The third-order valence-corrected chi connectivity index (χ3v) is 2.82. The maximum absolute atomic E-state index is 11.3. The lowest BCUT2D eigenvalue weighted by molar-refractivity contribution is -0.124. The monoisotopic (exact) mass is 179 g/mol. The van der Waals surface area contributed by atoms with Crippen LogP contribution in [0.15, 0.2) is 11.1 Å². The van der Waals surface area contributed by atoms with Crippen molar-refractivity contribution in [3.8, 4) is 0 Å². The van der Waals surface area contributed by atoms with Gasteiger partial charge in [-0.3, -0.25) is 14.9 Å². The van der Waals surface area contributed by atoms with E-state index in [0.717, 1.165) is 24.8 Å². The van der Waals surface area contributed by atoms with E-state index in [4.69, 9.17) is 0 Å². The number of imide groups is 1. The fraction of sp³-hybridized carbons (Fsp3) is 0.600. The zero-order valence-corrected chi connectivity index (χ0v) is 7.72. The molecule has 1 saturated heterocycles. The summed E-state index contributed by atoms with van der Waals surface area (Å²) >= 11 is 0. The van der Waals surface area contributed by atoms with Crippen LogP contribution in [0.25, 0.3) is 0 Å². The van der Waals surface area contributed by atoms with Crippen LogP contribution in [-0.2, 0) is 9.59 Å². The second-order valence-electron chi connectivity index (χ2n) is 3.98. The first-order chi connectivity index (χ1) is 6.16. The fourth-order valence-electron chi connectivity index (χ4n) is 2.09.